The summed E-state index contributed by atoms with van der Waals surface area (Å²) >= 11 is 0. The second-order valence-corrected chi connectivity index (χ2v) is 7.69. The highest BCUT2D eigenvalue weighted by Gasteiger charge is 2.23. The molecule has 1 aromatic carbocycles. The van der Waals surface area contributed by atoms with Gasteiger partial charge in [-0.2, -0.15) is 0 Å². The molecule has 1 aliphatic rings. The van der Waals surface area contributed by atoms with Crippen molar-refractivity contribution < 1.29 is 8.42 Å². The first kappa shape index (κ1) is 16.0. The monoisotopic (exact) mass is 305 g/mol. The molecule has 0 radical (unpaired) electrons. The summed E-state index contributed by atoms with van der Waals surface area (Å²) in [7, 11) is -3.12. The topological polar surface area (TPSA) is 37.4 Å². The van der Waals surface area contributed by atoms with E-state index in [1.807, 2.05) is 18.2 Å². The van der Waals surface area contributed by atoms with E-state index in [-0.39, 0.29) is 0 Å². The van der Waals surface area contributed by atoms with Crippen LogP contribution in [-0.2, 0) is 16.4 Å². The summed E-state index contributed by atoms with van der Waals surface area (Å²) in [4.78, 5) is 2.82. The lowest BCUT2D eigenvalue weighted by Crippen LogP contribution is -2.42. The molecule has 2 rings (SSSR count). The number of hydrogen-bond acceptors (Lipinski definition) is 3. The molecule has 0 aromatic heterocycles. The Morgan fingerprint density at radius 2 is 2.00 bits per heavy atom. The van der Waals surface area contributed by atoms with Crippen molar-refractivity contribution >= 4 is 9.84 Å². The van der Waals surface area contributed by atoms with E-state index in [4.69, 9.17) is 0 Å². The Labute approximate surface area is 127 Å². The van der Waals surface area contributed by atoms with Crippen molar-refractivity contribution in [3.8, 4) is 0 Å². The smallest absolute Gasteiger partial charge is 0.175 e. The minimum absolute atomic E-state index is 0.375. The van der Waals surface area contributed by atoms with E-state index in [9.17, 15) is 8.42 Å². The molecule has 21 heavy (non-hydrogen) atoms. The van der Waals surface area contributed by atoms with Gasteiger partial charge < -0.3 is 0 Å². The summed E-state index contributed by atoms with van der Waals surface area (Å²) in [6, 6.07) is 8.06. The fraction of sp³-hybridized carbons (Fsp3) is 0.412. The lowest BCUT2D eigenvalue weighted by molar-refractivity contribution is 0.150. The van der Waals surface area contributed by atoms with Crippen molar-refractivity contribution in [2.45, 2.75) is 43.3 Å². The zero-order chi connectivity index (χ0) is 15.5. The first-order valence-corrected chi connectivity index (χ1v) is 9.13. The van der Waals surface area contributed by atoms with Crippen molar-refractivity contribution in [3.05, 3.63) is 54.6 Å². The van der Waals surface area contributed by atoms with Gasteiger partial charge >= 0.3 is 0 Å². The van der Waals surface area contributed by atoms with Gasteiger partial charge in [-0.05, 0) is 37.5 Å². The van der Waals surface area contributed by atoms with Crippen LogP contribution in [0.1, 0.15) is 25.3 Å². The zero-order valence-corrected chi connectivity index (χ0v) is 13.5. The quantitative estimate of drug-likeness (QED) is 0.784. The van der Waals surface area contributed by atoms with Gasteiger partial charge in [-0.25, -0.2) is 8.42 Å². The van der Waals surface area contributed by atoms with Crippen LogP contribution in [-0.4, -0.2) is 31.7 Å². The summed E-state index contributed by atoms with van der Waals surface area (Å²) in [6.07, 6.45) is 9.68. The maximum absolute atomic E-state index is 11.5. The maximum Gasteiger partial charge on any atom is 0.175 e. The molecule has 0 amide bonds. The molecule has 114 valence electrons. The van der Waals surface area contributed by atoms with Crippen LogP contribution in [0, 0.1) is 0 Å². The summed E-state index contributed by atoms with van der Waals surface area (Å²) in [5.41, 5.74) is 1.14. The molecule has 0 saturated carbocycles. The van der Waals surface area contributed by atoms with E-state index in [1.165, 1.54) is 6.26 Å². The molecule has 0 saturated heterocycles. The summed E-state index contributed by atoms with van der Waals surface area (Å²) in [5, 5.41) is 0. The highest BCUT2D eigenvalue weighted by Crippen LogP contribution is 2.23. The zero-order valence-electron chi connectivity index (χ0n) is 12.7. The van der Waals surface area contributed by atoms with Gasteiger partial charge in [-0.1, -0.05) is 30.4 Å². The first-order valence-electron chi connectivity index (χ1n) is 7.24. The Bertz CT molecular complexity index is 617. The van der Waals surface area contributed by atoms with E-state index < -0.39 is 9.84 Å². The Morgan fingerprint density at radius 1 is 1.33 bits per heavy atom. The van der Waals surface area contributed by atoms with E-state index in [1.54, 1.807) is 12.1 Å². The van der Waals surface area contributed by atoms with Gasteiger partial charge in [0, 0.05) is 24.9 Å². The molecule has 1 heterocycles. The molecule has 3 nitrogen and oxygen atoms in total. The Hall–Kier alpha value is -1.39. The molecule has 0 unspecified atom stereocenters. The third kappa shape index (κ3) is 4.05. The van der Waals surface area contributed by atoms with Gasteiger partial charge in [0.2, 0.25) is 0 Å². The van der Waals surface area contributed by atoms with Gasteiger partial charge in [-0.15, -0.1) is 6.58 Å². The molecule has 1 aromatic rings. The summed E-state index contributed by atoms with van der Waals surface area (Å²) in [6.45, 7) is 6.86. The number of rotatable bonds is 5. The van der Waals surface area contributed by atoms with Crippen molar-refractivity contribution in [1.82, 2.24) is 4.90 Å². The SMILES string of the molecule is C=CC[C@@H]1CC=C[C@@H](C)N1Cc1ccc(S(C)(=O)=O)cc1. The molecule has 0 aliphatic carbocycles. The van der Waals surface area contributed by atoms with E-state index in [0.29, 0.717) is 17.0 Å². The minimum atomic E-state index is -3.12. The largest absolute Gasteiger partial charge is 0.289 e. The Kier molecular flexibility index (Phi) is 5.01. The standard InChI is InChI=1S/C17H23NO2S/c1-4-6-16-8-5-7-14(2)18(16)13-15-9-11-17(12-10-15)21(3,19)20/h4-5,7,9-12,14,16H,1,6,8,13H2,2-3H3/t14-,16-/m1/s1. The fourth-order valence-corrected chi connectivity index (χ4v) is 3.39. The van der Waals surface area contributed by atoms with Crippen molar-refractivity contribution in [1.29, 1.82) is 0 Å². The van der Waals surface area contributed by atoms with Crippen molar-refractivity contribution in [3.63, 3.8) is 0 Å². The predicted octanol–water partition coefficient (Wildman–Crippen LogP) is 3.19. The van der Waals surface area contributed by atoms with Crippen LogP contribution in [0.25, 0.3) is 0 Å². The van der Waals surface area contributed by atoms with Crippen LogP contribution in [0.15, 0.2) is 54.0 Å². The average Bonchev–Trinajstić information content (AvgIpc) is 2.42. The second kappa shape index (κ2) is 6.58. The molecule has 2 atom stereocenters. The molecule has 1 aliphatic heterocycles. The van der Waals surface area contributed by atoms with Gasteiger partial charge in [0.05, 0.1) is 4.90 Å². The van der Waals surface area contributed by atoms with Gasteiger partial charge in [0.1, 0.15) is 0 Å². The fourth-order valence-electron chi connectivity index (χ4n) is 2.76. The highest BCUT2D eigenvalue weighted by molar-refractivity contribution is 7.90. The maximum atomic E-state index is 11.5. The first-order chi connectivity index (χ1) is 9.91. The number of benzene rings is 1. The predicted molar refractivity (Wildman–Crippen MR) is 86.9 cm³/mol. The molecular formula is C17H23NO2S. The number of sulfone groups is 1. The molecule has 0 fully saturated rings. The van der Waals surface area contributed by atoms with Gasteiger partial charge in [-0.3, -0.25) is 4.90 Å². The van der Waals surface area contributed by atoms with E-state index in [2.05, 4.69) is 30.6 Å². The van der Waals surface area contributed by atoms with Gasteiger partial charge in [0.25, 0.3) is 0 Å². The third-order valence-electron chi connectivity index (χ3n) is 3.97. The molecule has 0 spiro atoms. The normalized spacial score (nSPS) is 23.1. The van der Waals surface area contributed by atoms with Crippen LogP contribution in [0.5, 0.6) is 0 Å². The molecular weight excluding hydrogens is 282 g/mol. The molecule has 4 heteroatoms. The third-order valence-corrected chi connectivity index (χ3v) is 5.10. The minimum Gasteiger partial charge on any atom is -0.289 e. The van der Waals surface area contributed by atoms with E-state index in [0.717, 1.165) is 24.9 Å². The van der Waals surface area contributed by atoms with Crippen LogP contribution < -0.4 is 0 Å². The number of nitrogens with zero attached hydrogens (tertiary/aromatic N) is 1. The van der Waals surface area contributed by atoms with Gasteiger partial charge in [0.15, 0.2) is 9.84 Å². The van der Waals surface area contributed by atoms with Crippen molar-refractivity contribution in [2.75, 3.05) is 6.26 Å². The second-order valence-electron chi connectivity index (χ2n) is 5.67. The summed E-state index contributed by atoms with van der Waals surface area (Å²) < 4.78 is 23.0. The lowest BCUT2D eigenvalue weighted by Gasteiger charge is -2.37. The Morgan fingerprint density at radius 3 is 2.57 bits per heavy atom. The highest BCUT2D eigenvalue weighted by atomic mass is 32.2. The van der Waals surface area contributed by atoms with Crippen molar-refractivity contribution in [2.24, 2.45) is 0 Å². The van der Waals surface area contributed by atoms with Crippen LogP contribution in [0.2, 0.25) is 0 Å². The van der Waals surface area contributed by atoms with Crippen LogP contribution in [0.3, 0.4) is 0 Å². The molecule has 0 bridgehead atoms. The van der Waals surface area contributed by atoms with E-state index >= 15 is 0 Å². The number of hydrogen-bond donors (Lipinski definition) is 0. The Balaban J connectivity index is 2.15. The summed E-state index contributed by atoms with van der Waals surface area (Å²) in [5.74, 6) is 0. The van der Waals surface area contributed by atoms with Crippen LogP contribution >= 0.6 is 0 Å². The lowest BCUT2D eigenvalue weighted by atomic mass is 9.99. The molecule has 0 N–H and O–H groups in total. The van der Waals surface area contributed by atoms with Crippen LogP contribution in [0.4, 0.5) is 0 Å². The average molecular weight is 305 g/mol.